The number of nitrogens with two attached hydrogens (primary N) is 1. The minimum atomic E-state index is -0.718. The summed E-state index contributed by atoms with van der Waals surface area (Å²) in [5, 5.41) is 9.35. The van der Waals surface area contributed by atoms with Crippen LogP contribution >= 0.6 is 11.6 Å². The van der Waals surface area contributed by atoms with Crippen LogP contribution in [-0.4, -0.2) is 5.91 Å². The Kier molecular flexibility index (Phi) is 3.48. The number of carbonyl (C=O) groups excluding carboxylic acids is 1. The second-order valence-electron chi connectivity index (χ2n) is 2.98. The standard InChI is InChI=1S/C11H9ClN2O/c1-7(10(6-13)11(14)15)8-2-4-9(12)5-3-8/h2-5H,1H3,(H2,14,15). The molecule has 1 rings (SSSR count). The number of carbonyl (C=O) groups is 1. The summed E-state index contributed by atoms with van der Waals surface area (Å²) in [5.41, 5.74) is 6.36. The quantitative estimate of drug-likeness (QED) is 0.613. The third kappa shape index (κ3) is 2.58. The summed E-state index contributed by atoms with van der Waals surface area (Å²) in [6, 6.07) is 8.64. The van der Waals surface area contributed by atoms with E-state index in [1.54, 1.807) is 37.3 Å². The van der Waals surface area contributed by atoms with Crippen molar-refractivity contribution in [1.82, 2.24) is 0 Å². The second-order valence-corrected chi connectivity index (χ2v) is 3.42. The zero-order chi connectivity index (χ0) is 11.4. The van der Waals surface area contributed by atoms with E-state index in [1.165, 1.54) is 0 Å². The monoisotopic (exact) mass is 220 g/mol. The number of halogens is 1. The van der Waals surface area contributed by atoms with Crippen LogP contribution in [0.2, 0.25) is 5.02 Å². The van der Waals surface area contributed by atoms with Crippen molar-refractivity contribution in [3.8, 4) is 6.07 Å². The van der Waals surface area contributed by atoms with Crippen molar-refractivity contribution in [2.45, 2.75) is 6.92 Å². The van der Waals surface area contributed by atoms with E-state index in [1.807, 2.05) is 0 Å². The molecule has 0 aromatic heterocycles. The molecule has 0 radical (unpaired) electrons. The van der Waals surface area contributed by atoms with Gasteiger partial charge in [-0.25, -0.2) is 0 Å². The molecule has 0 aliphatic rings. The van der Waals surface area contributed by atoms with Gasteiger partial charge in [0.15, 0.2) is 0 Å². The molecule has 15 heavy (non-hydrogen) atoms. The highest BCUT2D eigenvalue weighted by molar-refractivity contribution is 6.30. The van der Waals surface area contributed by atoms with Crippen molar-refractivity contribution in [2.75, 3.05) is 0 Å². The third-order valence-corrected chi connectivity index (χ3v) is 2.26. The number of amides is 1. The van der Waals surface area contributed by atoms with Crippen LogP contribution in [0.15, 0.2) is 29.8 Å². The highest BCUT2D eigenvalue weighted by Crippen LogP contribution is 2.19. The third-order valence-electron chi connectivity index (χ3n) is 2.01. The maximum Gasteiger partial charge on any atom is 0.259 e. The van der Waals surface area contributed by atoms with E-state index in [-0.39, 0.29) is 5.57 Å². The highest BCUT2D eigenvalue weighted by Gasteiger charge is 2.09. The molecule has 0 saturated heterocycles. The molecular weight excluding hydrogens is 212 g/mol. The van der Waals surface area contributed by atoms with Crippen molar-refractivity contribution >= 4 is 23.1 Å². The number of allylic oxidation sites excluding steroid dienone is 1. The van der Waals surface area contributed by atoms with E-state index >= 15 is 0 Å². The van der Waals surface area contributed by atoms with Crippen LogP contribution in [0.5, 0.6) is 0 Å². The molecule has 1 aromatic carbocycles. The average Bonchev–Trinajstić information content (AvgIpc) is 2.19. The zero-order valence-corrected chi connectivity index (χ0v) is 8.88. The summed E-state index contributed by atoms with van der Waals surface area (Å²) in [7, 11) is 0. The van der Waals surface area contributed by atoms with Gasteiger partial charge in [0.05, 0.1) is 0 Å². The largest absolute Gasteiger partial charge is 0.365 e. The van der Waals surface area contributed by atoms with Crippen molar-refractivity contribution in [1.29, 1.82) is 5.26 Å². The van der Waals surface area contributed by atoms with Crippen molar-refractivity contribution < 1.29 is 4.79 Å². The van der Waals surface area contributed by atoms with Crippen LogP contribution in [0.25, 0.3) is 5.57 Å². The van der Waals surface area contributed by atoms with Crippen molar-refractivity contribution in [3.63, 3.8) is 0 Å². The summed E-state index contributed by atoms with van der Waals surface area (Å²) in [6.07, 6.45) is 0. The number of hydrogen-bond acceptors (Lipinski definition) is 2. The lowest BCUT2D eigenvalue weighted by Crippen LogP contribution is -2.13. The fourth-order valence-corrected chi connectivity index (χ4v) is 1.29. The Bertz CT molecular complexity index is 454. The summed E-state index contributed by atoms with van der Waals surface area (Å²) >= 11 is 5.72. The molecule has 0 fully saturated rings. The predicted octanol–water partition coefficient (Wildman–Crippen LogP) is 2.12. The van der Waals surface area contributed by atoms with Crippen LogP contribution in [0.3, 0.4) is 0 Å². The fourth-order valence-electron chi connectivity index (χ4n) is 1.17. The van der Waals surface area contributed by atoms with E-state index in [0.717, 1.165) is 5.56 Å². The molecule has 1 aromatic rings. The first-order valence-electron chi connectivity index (χ1n) is 4.23. The first kappa shape index (κ1) is 11.3. The van der Waals surface area contributed by atoms with Gasteiger partial charge in [0.1, 0.15) is 11.6 Å². The van der Waals surface area contributed by atoms with Gasteiger partial charge in [0, 0.05) is 5.02 Å². The molecule has 0 atom stereocenters. The van der Waals surface area contributed by atoms with E-state index in [2.05, 4.69) is 0 Å². The number of rotatable bonds is 2. The van der Waals surface area contributed by atoms with Crippen LogP contribution in [0.4, 0.5) is 0 Å². The molecule has 0 spiro atoms. The summed E-state index contributed by atoms with van der Waals surface area (Å²) in [5.74, 6) is -0.718. The molecule has 3 nitrogen and oxygen atoms in total. The van der Waals surface area contributed by atoms with Gasteiger partial charge in [0.2, 0.25) is 0 Å². The fraction of sp³-hybridized carbons (Fsp3) is 0.0909. The molecule has 1 amide bonds. The van der Waals surface area contributed by atoms with Crippen molar-refractivity contribution in [2.24, 2.45) is 5.73 Å². The Labute approximate surface area is 92.8 Å². The maximum atomic E-state index is 10.9. The Hall–Kier alpha value is -1.79. The topological polar surface area (TPSA) is 66.9 Å². The molecule has 0 heterocycles. The van der Waals surface area contributed by atoms with Crippen LogP contribution in [0.1, 0.15) is 12.5 Å². The first-order chi connectivity index (χ1) is 7.06. The average molecular weight is 221 g/mol. The Balaban J connectivity index is 3.24. The SMILES string of the molecule is CC(=C(C#N)C(N)=O)c1ccc(Cl)cc1. The Morgan fingerprint density at radius 2 is 1.93 bits per heavy atom. The lowest BCUT2D eigenvalue weighted by Gasteiger charge is -2.03. The maximum absolute atomic E-state index is 10.9. The van der Waals surface area contributed by atoms with Crippen LogP contribution < -0.4 is 5.73 Å². The number of hydrogen-bond donors (Lipinski definition) is 1. The molecule has 76 valence electrons. The lowest BCUT2D eigenvalue weighted by molar-refractivity contribution is -0.114. The van der Waals surface area contributed by atoms with Gasteiger partial charge in [-0.3, -0.25) is 4.79 Å². The van der Waals surface area contributed by atoms with E-state index in [4.69, 9.17) is 22.6 Å². The van der Waals surface area contributed by atoms with Crippen LogP contribution in [0, 0.1) is 11.3 Å². The summed E-state index contributed by atoms with van der Waals surface area (Å²) in [4.78, 5) is 10.9. The molecular formula is C11H9ClN2O. The van der Waals surface area contributed by atoms with Gasteiger partial charge in [0.25, 0.3) is 5.91 Å². The van der Waals surface area contributed by atoms with Gasteiger partial charge < -0.3 is 5.73 Å². The molecule has 0 saturated carbocycles. The molecule has 2 N–H and O–H groups in total. The number of nitriles is 1. The van der Waals surface area contributed by atoms with E-state index in [9.17, 15) is 4.79 Å². The van der Waals surface area contributed by atoms with Gasteiger partial charge >= 0.3 is 0 Å². The minimum Gasteiger partial charge on any atom is -0.365 e. The van der Waals surface area contributed by atoms with Gasteiger partial charge in [-0.2, -0.15) is 5.26 Å². The molecule has 0 aliphatic heterocycles. The molecule has 0 unspecified atom stereocenters. The number of nitrogens with zero attached hydrogens (tertiary/aromatic N) is 1. The Morgan fingerprint density at radius 1 is 1.40 bits per heavy atom. The summed E-state index contributed by atoms with van der Waals surface area (Å²) < 4.78 is 0. The molecule has 0 bridgehead atoms. The zero-order valence-electron chi connectivity index (χ0n) is 8.12. The second kappa shape index (κ2) is 4.63. The van der Waals surface area contributed by atoms with Crippen molar-refractivity contribution in [3.05, 3.63) is 40.4 Å². The van der Waals surface area contributed by atoms with Gasteiger partial charge in [-0.1, -0.05) is 23.7 Å². The Morgan fingerprint density at radius 3 is 2.33 bits per heavy atom. The first-order valence-corrected chi connectivity index (χ1v) is 4.60. The number of primary amides is 1. The summed E-state index contributed by atoms with van der Waals surface area (Å²) in [6.45, 7) is 1.67. The van der Waals surface area contributed by atoms with Gasteiger partial charge in [-0.15, -0.1) is 0 Å². The van der Waals surface area contributed by atoms with E-state index in [0.29, 0.717) is 10.6 Å². The normalized spacial score (nSPS) is 11.5. The lowest BCUT2D eigenvalue weighted by atomic mass is 10.0. The number of benzene rings is 1. The van der Waals surface area contributed by atoms with Crippen LogP contribution in [-0.2, 0) is 4.79 Å². The molecule has 4 heteroatoms. The smallest absolute Gasteiger partial charge is 0.259 e. The minimum absolute atomic E-state index is 0.0303. The predicted molar refractivity (Wildman–Crippen MR) is 58.9 cm³/mol. The van der Waals surface area contributed by atoms with Gasteiger partial charge in [-0.05, 0) is 30.2 Å². The molecule has 0 aliphatic carbocycles. The van der Waals surface area contributed by atoms with E-state index < -0.39 is 5.91 Å². The highest BCUT2D eigenvalue weighted by atomic mass is 35.5.